The van der Waals surface area contributed by atoms with E-state index >= 15 is 0 Å². The molecule has 3 aromatic carbocycles. The summed E-state index contributed by atoms with van der Waals surface area (Å²) in [7, 11) is 0. The van der Waals surface area contributed by atoms with Crippen molar-refractivity contribution in [3.05, 3.63) is 107 Å². The van der Waals surface area contributed by atoms with Gasteiger partial charge in [-0.1, -0.05) is 86.1 Å². The number of benzene rings is 3. The fraction of sp³-hybridized carbons (Fsp3) is 0.276. The van der Waals surface area contributed by atoms with Crippen LogP contribution in [0.2, 0.25) is 0 Å². The molecule has 1 heterocycles. The second-order valence-corrected chi connectivity index (χ2v) is 8.38. The van der Waals surface area contributed by atoms with Gasteiger partial charge in [0.05, 0.1) is 24.6 Å². The highest BCUT2D eigenvalue weighted by atomic mass is 16.5. The normalized spacial score (nSPS) is 11.1. The van der Waals surface area contributed by atoms with Crippen LogP contribution in [0.4, 0.5) is 5.69 Å². The van der Waals surface area contributed by atoms with Gasteiger partial charge in [-0.25, -0.2) is 0 Å². The summed E-state index contributed by atoms with van der Waals surface area (Å²) < 4.78 is 8.25. The summed E-state index contributed by atoms with van der Waals surface area (Å²) in [5, 5.41) is 4.94. The van der Waals surface area contributed by atoms with Gasteiger partial charge in [-0.3, -0.25) is 4.68 Å². The molecule has 0 aliphatic rings. The van der Waals surface area contributed by atoms with Gasteiger partial charge in [0, 0.05) is 29.8 Å². The quantitative estimate of drug-likeness (QED) is 0.290. The van der Waals surface area contributed by atoms with Crippen LogP contribution in [-0.4, -0.2) is 9.78 Å². The third-order valence-electron chi connectivity index (χ3n) is 5.99. The van der Waals surface area contributed by atoms with Crippen molar-refractivity contribution >= 4 is 5.69 Å². The van der Waals surface area contributed by atoms with E-state index in [1.807, 2.05) is 36.4 Å². The Morgan fingerprint density at radius 2 is 1.55 bits per heavy atom. The molecule has 170 valence electrons. The lowest BCUT2D eigenvalue weighted by Gasteiger charge is -2.11. The molecule has 0 radical (unpaired) electrons. The SMILES string of the molecule is CCCc1nn(CC)c(COCc2ccccc2)c1Cc1ccc(-c2ccccc2N)cc1. The molecule has 0 aliphatic heterocycles. The van der Waals surface area contributed by atoms with E-state index in [1.165, 1.54) is 28.1 Å². The van der Waals surface area contributed by atoms with Crippen LogP contribution in [-0.2, 0) is 37.3 Å². The minimum Gasteiger partial charge on any atom is -0.398 e. The summed E-state index contributed by atoms with van der Waals surface area (Å²) in [5.74, 6) is 0. The third-order valence-corrected chi connectivity index (χ3v) is 5.99. The van der Waals surface area contributed by atoms with Crippen molar-refractivity contribution in [2.75, 3.05) is 5.73 Å². The maximum atomic E-state index is 6.17. The first-order chi connectivity index (χ1) is 16.2. The van der Waals surface area contributed by atoms with Crippen LogP contribution in [0, 0.1) is 0 Å². The number of rotatable bonds is 10. The highest BCUT2D eigenvalue weighted by Crippen LogP contribution is 2.27. The van der Waals surface area contributed by atoms with E-state index in [9.17, 15) is 0 Å². The van der Waals surface area contributed by atoms with Crippen molar-refractivity contribution in [2.45, 2.75) is 52.9 Å². The Labute approximate surface area is 197 Å². The van der Waals surface area contributed by atoms with Gasteiger partial charge in [0.15, 0.2) is 0 Å². The van der Waals surface area contributed by atoms with Gasteiger partial charge in [-0.05, 0) is 36.1 Å². The van der Waals surface area contributed by atoms with Crippen LogP contribution in [0.1, 0.15) is 48.3 Å². The fourth-order valence-corrected chi connectivity index (χ4v) is 4.26. The lowest BCUT2D eigenvalue weighted by Crippen LogP contribution is -2.07. The van der Waals surface area contributed by atoms with E-state index in [2.05, 4.69) is 61.0 Å². The summed E-state index contributed by atoms with van der Waals surface area (Å²) in [6, 6.07) is 27.1. The maximum absolute atomic E-state index is 6.17. The number of nitrogens with two attached hydrogens (primary N) is 1. The molecule has 0 atom stereocenters. The Morgan fingerprint density at radius 1 is 0.818 bits per heavy atom. The van der Waals surface area contributed by atoms with E-state index in [-0.39, 0.29) is 0 Å². The number of aryl methyl sites for hydroxylation is 2. The zero-order valence-electron chi connectivity index (χ0n) is 19.6. The highest BCUT2D eigenvalue weighted by Gasteiger charge is 2.17. The topological polar surface area (TPSA) is 53.1 Å². The fourth-order valence-electron chi connectivity index (χ4n) is 4.26. The lowest BCUT2D eigenvalue weighted by molar-refractivity contribution is 0.101. The molecule has 4 aromatic rings. The van der Waals surface area contributed by atoms with Crippen LogP contribution in [0.5, 0.6) is 0 Å². The van der Waals surface area contributed by atoms with E-state index in [4.69, 9.17) is 15.6 Å². The maximum Gasteiger partial charge on any atom is 0.0892 e. The molecule has 0 unspecified atom stereocenters. The molecule has 0 aliphatic carbocycles. The van der Waals surface area contributed by atoms with E-state index in [1.54, 1.807) is 0 Å². The van der Waals surface area contributed by atoms with Crippen LogP contribution < -0.4 is 5.73 Å². The molecule has 0 spiro atoms. The molecule has 1 aromatic heterocycles. The first kappa shape index (κ1) is 22.8. The van der Waals surface area contributed by atoms with Gasteiger partial charge >= 0.3 is 0 Å². The van der Waals surface area contributed by atoms with E-state index in [0.29, 0.717) is 13.2 Å². The van der Waals surface area contributed by atoms with Crippen molar-refractivity contribution in [3.63, 3.8) is 0 Å². The molecule has 33 heavy (non-hydrogen) atoms. The molecule has 0 saturated carbocycles. The number of anilines is 1. The predicted molar refractivity (Wildman–Crippen MR) is 136 cm³/mol. The van der Waals surface area contributed by atoms with Gasteiger partial charge in [-0.2, -0.15) is 5.10 Å². The summed E-state index contributed by atoms with van der Waals surface area (Å²) in [5.41, 5.74) is 15.3. The molecule has 0 amide bonds. The molecule has 4 rings (SSSR count). The second kappa shape index (κ2) is 11.0. The van der Waals surface area contributed by atoms with E-state index in [0.717, 1.165) is 42.6 Å². The minimum absolute atomic E-state index is 0.563. The number of aromatic nitrogens is 2. The summed E-state index contributed by atoms with van der Waals surface area (Å²) in [6.07, 6.45) is 2.90. The molecular formula is C29H33N3O. The number of hydrogen-bond donors (Lipinski definition) is 1. The zero-order chi connectivity index (χ0) is 23.0. The van der Waals surface area contributed by atoms with Crippen molar-refractivity contribution in [2.24, 2.45) is 0 Å². The zero-order valence-corrected chi connectivity index (χ0v) is 19.6. The van der Waals surface area contributed by atoms with Crippen molar-refractivity contribution in [3.8, 4) is 11.1 Å². The van der Waals surface area contributed by atoms with E-state index < -0.39 is 0 Å². The first-order valence-corrected chi connectivity index (χ1v) is 11.8. The first-order valence-electron chi connectivity index (χ1n) is 11.8. The summed E-state index contributed by atoms with van der Waals surface area (Å²) in [6.45, 7) is 6.36. The van der Waals surface area contributed by atoms with Crippen LogP contribution in [0.3, 0.4) is 0 Å². The Hall–Kier alpha value is -3.37. The number of nitrogens with zero attached hydrogens (tertiary/aromatic N) is 2. The molecule has 0 fully saturated rings. The highest BCUT2D eigenvalue weighted by molar-refractivity contribution is 5.76. The van der Waals surface area contributed by atoms with Gasteiger partial charge in [0.25, 0.3) is 0 Å². The Balaban J connectivity index is 1.56. The average molecular weight is 440 g/mol. The van der Waals surface area contributed by atoms with Crippen LogP contribution in [0.15, 0.2) is 78.9 Å². The largest absolute Gasteiger partial charge is 0.398 e. The van der Waals surface area contributed by atoms with Gasteiger partial charge in [0.2, 0.25) is 0 Å². The molecule has 2 N–H and O–H groups in total. The third kappa shape index (κ3) is 5.52. The Bertz CT molecular complexity index is 1160. The van der Waals surface area contributed by atoms with Gasteiger partial charge in [0.1, 0.15) is 0 Å². The smallest absolute Gasteiger partial charge is 0.0892 e. The number of hydrogen-bond acceptors (Lipinski definition) is 3. The number of nitrogen functional groups attached to an aromatic ring is 1. The van der Waals surface area contributed by atoms with Crippen molar-refractivity contribution < 1.29 is 4.74 Å². The Kier molecular flexibility index (Phi) is 7.59. The van der Waals surface area contributed by atoms with Crippen molar-refractivity contribution in [1.82, 2.24) is 9.78 Å². The summed E-state index contributed by atoms with van der Waals surface area (Å²) in [4.78, 5) is 0. The van der Waals surface area contributed by atoms with Crippen molar-refractivity contribution in [1.29, 1.82) is 0 Å². The monoisotopic (exact) mass is 439 g/mol. The standard InChI is InChI=1S/C29H33N3O/c1-3-10-28-26(19-22-15-17-24(18-16-22)25-13-8-9-14-27(25)30)29(32(4-2)31-28)21-33-20-23-11-6-5-7-12-23/h5-9,11-18H,3-4,10,19-21,30H2,1-2H3. The minimum atomic E-state index is 0.563. The van der Waals surface area contributed by atoms with Gasteiger partial charge in [-0.15, -0.1) is 0 Å². The second-order valence-electron chi connectivity index (χ2n) is 8.38. The average Bonchev–Trinajstić information content (AvgIpc) is 3.17. The summed E-state index contributed by atoms with van der Waals surface area (Å²) >= 11 is 0. The molecule has 4 heteroatoms. The molecular weight excluding hydrogens is 406 g/mol. The van der Waals surface area contributed by atoms with Crippen LogP contribution in [0.25, 0.3) is 11.1 Å². The lowest BCUT2D eigenvalue weighted by atomic mass is 9.97. The van der Waals surface area contributed by atoms with Gasteiger partial charge < -0.3 is 10.5 Å². The predicted octanol–water partition coefficient (Wildman–Crippen LogP) is 6.41. The number of para-hydroxylation sites is 1. The molecule has 0 bridgehead atoms. The number of ether oxygens (including phenoxy) is 1. The Morgan fingerprint density at radius 3 is 2.24 bits per heavy atom. The molecule has 4 nitrogen and oxygen atoms in total. The van der Waals surface area contributed by atoms with Crippen LogP contribution >= 0.6 is 0 Å². The molecule has 0 saturated heterocycles.